The highest BCUT2D eigenvalue weighted by Gasteiger charge is 2.47. The highest BCUT2D eigenvalue weighted by atomic mass is 35.5. The minimum absolute atomic E-state index is 0. The first-order chi connectivity index (χ1) is 11.2. The van der Waals surface area contributed by atoms with Crippen LogP contribution in [0.5, 0.6) is 0 Å². The monoisotopic (exact) mass is 347 g/mol. The number of carbonyl (C=O) groups is 1. The number of fused-ring (bicyclic) bond motifs is 1. The van der Waals surface area contributed by atoms with Crippen molar-refractivity contribution >= 4 is 29.7 Å². The smallest absolute Gasteiger partial charge is 0.236 e. The number of hydrogen-bond donors (Lipinski definition) is 2. The molecule has 1 aliphatic heterocycles. The molecule has 2 aromatic rings. The van der Waals surface area contributed by atoms with Crippen LogP contribution in [0, 0.1) is 5.82 Å². The molecule has 126 valence electrons. The van der Waals surface area contributed by atoms with Crippen molar-refractivity contribution in [1.82, 2.24) is 4.98 Å². The van der Waals surface area contributed by atoms with E-state index in [0.29, 0.717) is 5.69 Å². The molecule has 0 atom stereocenters. The van der Waals surface area contributed by atoms with E-state index in [1.165, 1.54) is 12.1 Å². The molecular weight excluding hydrogens is 329 g/mol. The maximum absolute atomic E-state index is 13.0. The molecule has 1 amide bonds. The fraction of sp³-hybridized carbons (Fsp3) is 0.333. The van der Waals surface area contributed by atoms with Crippen LogP contribution in [0.3, 0.4) is 0 Å². The van der Waals surface area contributed by atoms with Crippen LogP contribution in [0.4, 0.5) is 15.8 Å². The fourth-order valence-corrected chi connectivity index (χ4v) is 3.35. The lowest BCUT2D eigenvalue weighted by Crippen LogP contribution is -2.46. The van der Waals surface area contributed by atoms with E-state index < -0.39 is 5.41 Å². The van der Waals surface area contributed by atoms with Crippen LogP contribution in [-0.4, -0.2) is 17.4 Å². The summed E-state index contributed by atoms with van der Waals surface area (Å²) in [6, 6.07) is 9.85. The summed E-state index contributed by atoms with van der Waals surface area (Å²) >= 11 is 0. The standard InChI is InChI=1S/C18H18FN3O.ClH/c19-12-2-4-13(5-3-12)21-17(23)18(9-1-10-18)16-7-6-14-15(22-16)8-11-20-14;/h2-7,20H,1,8-11H2,(H,21,23);1H. The molecule has 1 aromatic heterocycles. The minimum atomic E-state index is -0.550. The Labute approximate surface area is 146 Å². The van der Waals surface area contributed by atoms with Crippen LogP contribution in [0.2, 0.25) is 0 Å². The van der Waals surface area contributed by atoms with Crippen molar-refractivity contribution in [3.8, 4) is 0 Å². The van der Waals surface area contributed by atoms with Crippen molar-refractivity contribution in [3.05, 3.63) is 53.6 Å². The van der Waals surface area contributed by atoms with E-state index in [1.54, 1.807) is 12.1 Å². The number of halogens is 2. The van der Waals surface area contributed by atoms with Crippen molar-refractivity contribution in [2.24, 2.45) is 0 Å². The summed E-state index contributed by atoms with van der Waals surface area (Å²) in [7, 11) is 0. The summed E-state index contributed by atoms with van der Waals surface area (Å²) < 4.78 is 13.0. The summed E-state index contributed by atoms with van der Waals surface area (Å²) in [5.74, 6) is -0.358. The van der Waals surface area contributed by atoms with E-state index in [4.69, 9.17) is 4.98 Å². The number of benzene rings is 1. The topological polar surface area (TPSA) is 54.0 Å². The highest BCUT2D eigenvalue weighted by molar-refractivity contribution is 5.99. The number of amides is 1. The van der Waals surface area contributed by atoms with Crippen LogP contribution in [0.25, 0.3) is 0 Å². The van der Waals surface area contributed by atoms with Gasteiger partial charge >= 0.3 is 0 Å². The van der Waals surface area contributed by atoms with Gasteiger partial charge in [0.15, 0.2) is 0 Å². The summed E-state index contributed by atoms with van der Waals surface area (Å²) in [4.78, 5) is 17.6. The average molecular weight is 348 g/mol. The van der Waals surface area contributed by atoms with Gasteiger partial charge in [0.05, 0.1) is 22.5 Å². The number of hydrogen-bond acceptors (Lipinski definition) is 3. The zero-order chi connectivity index (χ0) is 15.9. The predicted molar refractivity (Wildman–Crippen MR) is 94.2 cm³/mol. The second kappa shape index (κ2) is 6.40. The molecular formula is C18H19ClFN3O. The molecule has 0 unspecified atom stereocenters. The third-order valence-electron chi connectivity index (χ3n) is 4.89. The second-order valence-corrected chi connectivity index (χ2v) is 6.26. The van der Waals surface area contributed by atoms with E-state index in [1.807, 2.05) is 12.1 Å². The SMILES string of the molecule is Cl.O=C(Nc1ccc(F)cc1)C1(c2ccc3c(n2)CCN3)CCC1. The molecule has 0 radical (unpaired) electrons. The van der Waals surface area contributed by atoms with Gasteiger partial charge in [-0.3, -0.25) is 9.78 Å². The summed E-state index contributed by atoms with van der Waals surface area (Å²) in [5, 5.41) is 6.21. The average Bonchev–Trinajstić information content (AvgIpc) is 2.96. The fourth-order valence-electron chi connectivity index (χ4n) is 3.35. The molecule has 2 heterocycles. The van der Waals surface area contributed by atoms with Gasteiger partial charge in [-0.15, -0.1) is 12.4 Å². The van der Waals surface area contributed by atoms with Crippen molar-refractivity contribution in [1.29, 1.82) is 0 Å². The predicted octanol–water partition coefficient (Wildman–Crippen LogP) is 3.67. The third kappa shape index (κ3) is 2.73. The van der Waals surface area contributed by atoms with Crippen molar-refractivity contribution in [2.45, 2.75) is 31.1 Å². The van der Waals surface area contributed by atoms with Gasteiger partial charge in [-0.25, -0.2) is 4.39 Å². The zero-order valence-corrected chi connectivity index (χ0v) is 14.0. The Hall–Kier alpha value is -2.14. The van der Waals surface area contributed by atoms with Crippen molar-refractivity contribution in [2.75, 3.05) is 17.2 Å². The minimum Gasteiger partial charge on any atom is -0.383 e. The lowest BCUT2D eigenvalue weighted by atomic mass is 9.65. The van der Waals surface area contributed by atoms with Gasteiger partial charge in [0.2, 0.25) is 5.91 Å². The number of anilines is 2. The quantitative estimate of drug-likeness (QED) is 0.890. The highest BCUT2D eigenvalue weighted by Crippen LogP contribution is 2.44. The van der Waals surface area contributed by atoms with Crippen LogP contribution in [0.1, 0.15) is 30.7 Å². The Morgan fingerprint density at radius 1 is 1.17 bits per heavy atom. The Kier molecular flexibility index (Phi) is 4.45. The number of nitrogens with zero attached hydrogens (tertiary/aromatic N) is 1. The van der Waals surface area contributed by atoms with E-state index in [2.05, 4.69) is 10.6 Å². The molecule has 1 aliphatic carbocycles. The first kappa shape index (κ1) is 16.7. The van der Waals surface area contributed by atoms with Gasteiger partial charge in [0.25, 0.3) is 0 Å². The van der Waals surface area contributed by atoms with Gasteiger partial charge < -0.3 is 10.6 Å². The molecule has 2 N–H and O–H groups in total. The van der Waals surface area contributed by atoms with E-state index in [-0.39, 0.29) is 24.1 Å². The molecule has 24 heavy (non-hydrogen) atoms. The first-order valence-electron chi connectivity index (χ1n) is 7.99. The lowest BCUT2D eigenvalue weighted by molar-refractivity contribution is -0.124. The normalized spacial score (nSPS) is 17.0. The molecule has 1 saturated carbocycles. The van der Waals surface area contributed by atoms with Crippen LogP contribution in [-0.2, 0) is 16.6 Å². The maximum atomic E-state index is 13.0. The largest absolute Gasteiger partial charge is 0.383 e. The van der Waals surface area contributed by atoms with Gasteiger partial charge in [-0.05, 0) is 49.2 Å². The number of nitrogens with one attached hydrogen (secondary N) is 2. The number of pyridine rings is 1. The molecule has 1 fully saturated rings. The molecule has 4 rings (SSSR count). The Balaban J connectivity index is 0.00000169. The van der Waals surface area contributed by atoms with Gasteiger partial charge in [0.1, 0.15) is 5.82 Å². The number of rotatable bonds is 3. The Morgan fingerprint density at radius 2 is 1.92 bits per heavy atom. The van der Waals surface area contributed by atoms with Crippen LogP contribution >= 0.6 is 12.4 Å². The summed E-state index contributed by atoms with van der Waals surface area (Å²) in [6.45, 7) is 0.903. The second-order valence-electron chi connectivity index (χ2n) is 6.26. The molecule has 0 spiro atoms. The first-order valence-corrected chi connectivity index (χ1v) is 7.99. The van der Waals surface area contributed by atoms with E-state index >= 15 is 0 Å². The lowest BCUT2D eigenvalue weighted by Gasteiger charge is -2.39. The maximum Gasteiger partial charge on any atom is 0.236 e. The molecule has 6 heteroatoms. The Bertz CT molecular complexity index is 759. The molecule has 4 nitrogen and oxygen atoms in total. The summed E-state index contributed by atoms with van der Waals surface area (Å²) in [6.07, 6.45) is 3.53. The summed E-state index contributed by atoms with van der Waals surface area (Å²) in [5.41, 5.74) is 3.04. The van der Waals surface area contributed by atoms with Crippen molar-refractivity contribution in [3.63, 3.8) is 0 Å². The van der Waals surface area contributed by atoms with Crippen LogP contribution in [0.15, 0.2) is 36.4 Å². The third-order valence-corrected chi connectivity index (χ3v) is 4.89. The van der Waals surface area contributed by atoms with E-state index in [0.717, 1.165) is 49.3 Å². The number of carbonyl (C=O) groups excluding carboxylic acids is 1. The van der Waals surface area contributed by atoms with Crippen molar-refractivity contribution < 1.29 is 9.18 Å². The molecule has 2 aliphatic rings. The van der Waals surface area contributed by atoms with Gasteiger partial charge in [0, 0.05) is 18.7 Å². The van der Waals surface area contributed by atoms with Crippen LogP contribution < -0.4 is 10.6 Å². The Morgan fingerprint density at radius 3 is 2.58 bits per heavy atom. The van der Waals surface area contributed by atoms with E-state index in [9.17, 15) is 9.18 Å². The van der Waals surface area contributed by atoms with Gasteiger partial charge in [-0.1, -0.05) is 6.42 Å². The van der Waals surface area contributed by atoms with Gasteiger partial charge in [-0.2, -0.15) is 0 Å². The number of aromatic nitrogens is 1. The molecule has 0 bridgehead atoms. The molecule has 0 saturated heterocycles. The molecule has 1 aromatic carbocycles. The zero-order valence-electron chi connectivity index (χ0n) is 13.1.